The molecule has 0 bridgehead atoms. The third-order valence-electron chi connectivity index (χ3n) is 2.64. The van der Waals surface area contributed by atoms with Gasteiger partial charge in [-0.15, -0.1) is 0 Å². The minimum absolute atomic E-state index is 0.202. The van der Waals surface area contributed by atoms with E-state index in [0.717, 1.165) is 0 Å². The minimum atomic E-state index is -4.88. The predicted octanol–water partition coefficient (Wildman–Crippen LogP) is 1.28. The second kappa shape index (κ2) is 4.84. The molecule has 6 heteroatoms. The maximum absolute atomic E-state index is 11.1. The molecular weight excluding hydrogens is 242 g/mol. The lowest BCUT2D eigenvalue weighted by Crippen LogP contribution is -2.42. The van der Waals surface area contributed by atoms with Crippen LogP contribution in [0.5, 0.6) is 0 Å². The SMILES string of the molecule is CCC(c1ccccc1)C(O)(C#N)S(=O)(=O)O. The summed E-state index contributed by atoms with van der Waals surface area (Å²) in [6.45, 7) is 1.63. The first-order valence-corrected chi connectivity index (χ1v) is 6.46. The molecule has 0 heterocycles. The largest absolute Gasteiger partial charge is 0.361 e. The van der Waals surface area contributed by atoms with Crippen molar-refractivity contribution < 1.29 is 18.1 Å². The van der Waals surface area contributed by atoms with E-state index in [9.17, 15) is 13.5 Å². The van der Waals surface area contributed by atoms with Crippen molar-refractivity contribution in [2.75, 3.05) is 0 Å². The zero-order valence-corrected chi connectivity index (χ0v) is 10.1. The Labute approximate surface area is 100 Å². The highest BCUT2D eigenvalue weighted by atomic mass is 32.2. The molecular formula is C11H13NO4S. The lowest BCUT2D eigenvalue weighted by molar-refractivity contribution is 0.135. The molecule has 0 spiro atoms. The number of nitrogens with zero attached hydrogens (tertiary/aromatic N) is 1. The zero-order valence-electron chi connectivity index (χ0n) is 9.24. The summed E-state index contributed by atoms with van der Waals surface area (Å²) in [6.07, 6.45) is 0.202. The van der Waals surface area contributed by atoms with Crippen LogP contribution in [0.4, 0.5) is 0 Å². The molecule has 2 unspecified atom stereocenters. The topological polar surface area (TPSA) is 98.4 Å². The molecule has 92 valence electrons. The highest BCUT2D eigenvalue weighted by Gasteiger charge is 2.48. The average molecular weight is 255 g/mol. The van der Waals surface area contributed by atoms with Gasteiger partial charge in [0.2, 0.25) is 0 Å². The number of hydrogen-bond acceptors (Lipinski definition) is 4. The van der Waals surface area contributed by atoms with E-state index in [2.05, 4.69) is 0 Å². The lowest BCUT2D eigenvalue weighted by Gasteiger charge is -2.26. The molecule has 1 aromatic rings. The van der Waals surface area contributed by atoms with E-state index >= 15 is 0 Å². The van der Waals surface area contributed by atoms with Gasteiger partial charge in [0, 0.05) is 5.92 Å². The van der Waals surface area contributed by atoms with E-state index in [1.807, 2.05) is 0 Å². The van der Waals surface area contributed by atoms with Gasteiger partial charge < -0.3 is 5.11 Å². The van der Waals surface area contributed by atoms with Crippen LogP contribution in [0.1, 0.15) is 24.8 Å². The summed E-state index contributed by atoms with van der Waals surface area (Å²) in [5.41, 5.74) is 0.483. The van der Waals surface area contributed by atoms with Crippen molar-refractivity contribution in [2.24, 2.45) is 0 Å². The van der Waals surface area contributed by atoms with Gasteiger partial charge in [0.1, 0.15) is 6.07 Å². The molecule has 0 radical (unpaired) electrons. The van der Waals surface area contributed by atoms with Gasteiger partial charge in [-0.05, 0) is 12.0 Å². The third kappa shape index (κ3) is 2.47. The van der Waals surface area contributed by atoms with Gasteiger partial charge in [-0.3, -0.25) is 4.55 Å². The Bertz CT molecular complexity index is 520. The van der Waals surface area contributed by atoms with Crippen LogP contribution in [0, 0.1) is 11.3 Å². The van der Waals surface area contributed by atoms with Gasteiger partial charge in [0.15, 0.2) is 0 Å². The van der Waals surface area contributed by atoms with E-state index in [1.54, 1.807) is 37.3 Å². The van der Waals surface area contributed by atoms with Crippen molar-refractivity contribution in [2.45, 2.75) is 24.2 Å². The summed E-state index contributed by atoms with van der Waals surface area (Å²) in [6, 6.07) is 9.55. The van der Waals surface area contributed by atoms with Crippen LogP contribution in [-0.2, 0) is 10.1 Å². The number of benzene rings is 1. The summed E-state index contributed by atoms with van der Waals surface area (Å²) in [7, 11) is -4.88. The average Bonchev–Trinajstić information content (AvgIpc) is 2.29. The first kappa shape index (κ1) is 13.6. The summed E-state index contributed by atoms with van der Waals surface area (Å²) in [5, 5.41) is 18.7. The van der Waals surface area contributed by atoms with Crippen LogP contribution in [0.25, 0.3) is 0 Å². The van der Waals surface area contributed by atoms with Crippen molar-refractivity contribution in [1.29, 1.82) is 5.26 Å². The Kier molecular flexibility index (Phi) is 3.88. The highest BCUT2D eigenvalue weighted by molar-refractivity contribution is 7.87. The smallest absolute Gasteiger partial charge is 0.310 e. The number of aliphatic hydroxyl groups is 1. The third-order valence-corrected chi connectivity index (χ3v) is 3.80. The molecule has 0 saturated carbocycles. The molecule has 2 atom stereocenters. The molecule has 0 fully saturated rings. The van der Waals surface area contributed by atoms with Gasteiger partial charge in [-0.25, -0.2) is 0 Å². The van der Waals surface area contributed by atoms with Crippen LogP contribution in [-0.4, -0.2) is 23.0 Å². The van der Waals surface area contributed by atoms with Crippen LogP contribution in [0.2, 0.25) is 0 Å². The first-order chi connectivity index (χ1) is 7.86. The Balaban J connectivity index is 3.33. The van der Waals surface area contributed by atoms with Crippen LogP contribution >= 0.6 is 0 Å². The van der Waals surface area contributed by atoms with Crippen molar-refractivity contribution in [3.8, 4) is 6.07 Å². The number of nitriles is 1. The van der Waals surface area contributed by atoms with E-state index < -0.39 is 21.0 Å². The molecule has 0 amide bonds. The Morgan fingerprint density at radius 1 is 1.41 bits per heavy atom. The molecule has 0 aliphatic rings. The maximum atomic E-state index is 11.1. The Hall–Kier alpha value is -1.42. The summed E-state index contributed by atoms with van der Waals surface area (Å²) >= 11 is 0. The molecule has 0 aliphatic carbocycles. The first-order valence-electron chi connectivity index (χ1n) is 5.02. The molecule has 1 aromatic carbocycles. The fourth-order valence-corrected chi connectivity index (χ4v) is 2.52. The maximum Gasteiger partial charge on any atom is 0.310 e. The van der Waals surface area contributed by atoms with Crippen molar-refractivity contribution in [3.05, 3.63) is 35.9 Å². The predicted molar refractivity (Wildman–Crippen MR) is 61.6 cm³/mol. The molecule has 0 aliphatic heterocycles. The number of hydrogen-bond donors (Lipinski definition) is 2. The summed E-state index contributed by atoms with van der Waals surface area (Å²) < 4.78 is 31.3. The van der Waals surface area contributed by atoms with Crippen LogP contribution in [0.15, 0.2) is 30.3 Å². The minimum Gasteiger partial charge on any atom is -0.361 e. The van der Waals surface area contributed by atoms with Crippen molar-refractivity contribution in [1.82, 2.24) is 0 Å². The van der Waals surface area contributed by atoms with E-state index in [-0.39, 0.29) is 6.42 Å². The van der Waals surface area contributed by atoms with E-state index in [0.29, 0.717) is 5.56 Å². The lowest BCUT2D eigenvalue weighted by atomic mass is 9.91. The molecule has 17 heavy (non-hydrogen) atoms. The Morgan fingerprint density at radius 3 is 2.29 bits per heavy atom. The fourth-order valence-electron chi connectivity index (χ4n) is 1.74. The Morgan fingerprint density at radius 2 is 1.94 bits per heavy atom. The fraction of sp³-hybridized carbons (Fsp3) is 0.364. The van der Waals surface area contributed by atoms with E-state index in [4.69, 9.17) is 9.81 Å². The van der Waals surface area contributed by atoms with Gasteiger partial charge in [-0.1, -0.05) is 37.3 Å². The second-order valence-corrected chi connectivity index (χ2v) is 5.23. The van der Waals surface area contributed by atoms with Crippen molar-refractivity contribution >= 4 is 10.1 Å². The molecule has 1 rings (SSSR count). The summed E-state index contributed by atoms with van der Waals surface area (Å²) in [4.78, 5) is -2.82. The molecule has 0 aromatic heterocycles. The molecule has 0 saturated heterocycles. The second-order valence-electron chi connectivity index (χ2n) is 3.65. The van der Waals surface area contributed by atoms with Crippen LogP contribution < -0.4 is 0 Å². The molecule has 5 nitrogen and oxygen atoms in total. The normalized spacial score (nSPS) is 16.8. The zero-order chi connectivity index (χ0) is 13.1. The quantitative estimate of drug-likeness (QED) is 0.623. The number of rotatable bonds is 4. The summed E-state index contributed by atoms with van der Waals surface area (Å²) in [5.74, 6) is -0.997. The van der Waals surface area contributed by atoms with Crippen molar-refractivity contribution in [3.63, 3.8) is 0 Å². The monoisotopic (exact) mass is 255 g/mol. The van der Waals surface area contributed by atoms with Gasteiger partial charge in [0.25, 0.3) is 4.93 Å². The van der Waals surface area contributed by atoms with E-state index in [1.165, 1.54) is 6.07 Å². The van der Waals surface area contributed by atoms with Gasteiger partial charge >= 0.3 is 10.1 Å². The van der Waals surface area contributed by atoms with Gasteiger partial charge in [0.05, 0.1) is 0 Å². The standard InChI is InChI=1S/C11H13NO4S/c1-2-10(9-6-4-3-5-7-9)11(13,8-12)17(14,15)16/h3-7,10,13H,2H2,1H3,(H,14,15,16). The highest BCUT2D eigenvalue weighted by Crippen LogP contribution is 2.34. The molecule has 2 N–H and O–H groups in total. The van der Waals surface area contributed by atoms with Crippen LogP contribution in [0.3, 0.4) is 0 Å². The van der Waals surface area contributed by atoms with Gasteiger partial charge in [-0.2, -0.15) is 13.7 Å².